The lowest BCUT2D eigenvalue weighted by Crippen LogP contribution is -2.01. The highest BCUT2D eigenvalue weighted by atomic mass is 16.1. The van der Waals surface area contributed by atoms with Crippen LogP contribution in [-0.4, -0.2) is 31.7 Å². The topological polar surface area (TPSA) is 85.7 Å². The highest BCUT2D eigenvalue weighted by Crippen LogP contribution is 1.99. The number of carbonyl (C=O) groups is 2. The van der Waals surface area contributed by atoms with Crippen LogP contribution in [0.15, 0.2) is 24.5 Å². The van der Waals surface area contributed by atoms with Crippen molar-refractivity contribution in [2.24, 2.45) is 0 Å². The highest BCUT2D eigenvalue weighted by molar-refractivity contribution is 5.95. The molecule has 0 spiro atoms. The van der Waals surface area contributed by atoms with Crippen molar-refractivity contribution in [3.63, 3.8) is 0 Å². The lowest BCUT2D eigenvalue weighted by Gasteiger charge is -1.95. The average Bonchev–Trinajstić information content (AvgIpc) is 2.55. The van der Waals surface area contributed by atoms with Gasteiger partial charge in [0.15, 0.2) is 11.6 Å². The first-order valence-electron chi connectivity index (χ1n) is 7.13. The van der Waals surface area contributed by atoms with Crippen molar-refractivity contribution in [1.29, 1.82) is 0 Å². The van der Waals surface area contributed by atoms with Crippen LogP contribution in [0.2, 0.25) is 0 Å². The van der Waals surface area contributed by atoms with Crippen LogP contribution in [0, 0.1) is 13.8 Å². The molecule has 0 fully saturated rings. The Balaban J connectivity index is 0.000000220. The van der Waals surface area contributed by atoms with Gasteiger partial charge in [0.2, 0.25) is 0 Å². The van der Waals surface area contributed by atoms with Crippen molar-refractivity contribution < 1.29 is 9.59 Å². The third-order valence-corrected chi connectivity index (χ3v) is 2.83. The SMILES string of the molecule is CCC(=O)c1ccc(C)nn1.CCC(=O)c1cnc(C)nc1. The van der Waals surface area contributed by atoms with Gasteiger partial charge in [0.1, 0.15) is 11.5 Å². The largest absolute Gasteiger partial charge is 0.294 e. The van der Waals surface area contributed by atoms with Crippen molar-refractivity contribution >= 4 is 11.6 Å². The van der Waals surface area contributed by atoms with Gasteiger partial charge in [0.05, 0.1) is 11.3 Å². The molecule has 22 heavy (non-hydrogen) atoms. The van der Waals surface area contributed by atoms with Gasteiger partial charge >= 0.3 is 0 Å². The number of ketones is 2. The fourth-order valence-corrected chi connectivity index (χ4v) is 1.47. The van der Waals surface area contributed by atoms with E-state index in [2.05, 4.69) is 20.2 Å². The first-order chi connectivity index (χ1) is 10.5. The minimum absolute atomic E-state index is 0.0394. The molecular weight excluding hydrogens is 280 g/mol. The molecule has 0 aliphatic carbocycles. The van der Waals surface area contributed by atoms with Gasteiger partial charge in [-0.15, -0.1) is 5.10 Å². The molecule has 0 aromatic carbocycles. The normalized spacial score (nSPS) is 9.64. The summed E-state index contributed by atoms with van der Waals surface area (Å²) >= 11 is 0. The van der Waals surface area contributed by atoms with Gasteiger partial charge in [-0.2, -0.15) is 5.10 Å². The Labute approximate surface area is 130 Å². The van der Waals surface area contributed by atoms with Crippen LogP contribution >= 0.6 is 0 Å². The van der Waals surface area contributed by atoms with Crippen LogP contribution in [0.4, 0.5) is 0 Å². The Kier molecular flexibility index (Phi) is 6.95. The second kappa shape index (κ2) is 8.71. The number of Topliss-reactive ketones (excluding diaryl/α,β-unsaturated/α-hetero) is 2. The second-order valence-electron chi connectivity index (χ2n) is 4.63. The van der Waals surface area contributed by atoms with E-state index >= 15 is 0 Å². The maximum absolute atomic E-state index is 11.0. The maximum atomic E-state index is 11.0. The summed E-state index contributed by atoms with van der Waals surface area (Å²) in [7, 11) is 0. The van der Waals surface area contributed by atoms with Gasteiger partial charge in [-0.1, -0.05) is 13.8 Å². The molecule has 0 aliphatic heterocycles. The van der Waals surface area contributed by atoms with E-state index in [-0.39, 0.29) is 11.6 Å². The van der Waals surface area contributed by atoms with Crippen molar-refractivity contribution in [3.05, 3.63) is 47.3 Å². The molecule has 0 bridgehead atoms. The first kappa shape index (κ1) is 17.6. The number of hydrogen-bond acceptors (Lipinski definition) is 6. The summed E-state index contributed by atoms with van der Waals surface area (Å²) < 4.78 is 0. The predicted molar refractivity (Wildman–Crippen MR) is 82.8 cm³/mol. The molecule has 0 unspecified atom stereocenters. The molecule has 0 saturated carbocycles. The number of rotatable bonds is 4. The summed E-state index contributed by atoms with van der Waals surface area (Å²) in [4.78, 5) is 29.9. The minimum atomic E-state index is 0.0394. The lowest BCUT2D eigenvalue weighted by molar-refractivity contribution is 0.0976. The third kappa shape index (κ3) is 5.47. The fraction of sp³-hybridized carbons (Fsp3) is 0.375. The van der Waals surface area contributed by atoms with E-state index in [0.29, 0.717) is 29.9 Å². The van der Waals surface area contributed by atoms with Crippen LogP contribution in [0.3, 0.4) is 0 Å². The van der Waals surface area contributed by atoms with E-state index in [4.69, 9.17) is 0 Å². The third-order valence-electron chi connectivity index (χ3n) is 2.83. The summed E-state index contributed by atoms with van der Waals surface area (Å²) in [6.07, 6.45) is 4.12. The minimum Gasteiger partial charge on any atom is -0.294 e. The number of aryl methyl sites for hydroxylation is 2. The molecule has 0 saturated heterocycles. The predicted octanol–water partition coefficient (Wildman–Crippen LogP) is 2.76. The Hall–Kier alpha value is -2.50. The molecule has 6 heteroatoms. The summed E-state index contributed by atoms with van der Waals surface area (Å²) in [6.45, 7) is 7.26. The molecule has 0 radical (unpaired) electrons. The van der Waals surface area contributed by atoms with E-state index in [1.807, 2.05) is 20.8 Å². The molecule has 0 atom stereocenters. The molecule has 2 rings (SSSR count). The van der Waals surface area contributed by atoms with Gasteiger partial charge in [-0.25, -0.2) is 9.97 Å². The smallest absolute Gasteiger partial charge is 0.182 e. The van der Waals surface area contributed by atoms with Crippen molar-refractivity contribution in [2.75, 3.05) is 0 Å². The van der Waals surface area contributed by atoms with Crippen LogP contribution in [-0.2, 0) is 0 Å². The van der Waals surface area contributed by atoms with Gasteiger partial charge in [0, 0.05) is 25.2 Å². The quantitative estimate of drug-likeness (QED) is 0.807. The molecule has 0 amide bonds. The van der Waals surface area contributed by atoms with E-state index in [9.17, 15) is 9.59 Å². The Morgan fingerprint density at radius 1 is 0.909 bits per heavy atom. The van der Waals surface area contributed by atoms with Gasteiger partial charge in [0.25, 0.3) is 0 Å². The zero-order valence-electron chi connectivity index (χ0n) is 13.3. The lowest BCUT2D eigenvalue weighted by atomic mass is 10.2. The molecule has 0 aliphatic rings. The van der Waals surface area contributed by atoms with E-state index in [1.54, 1.807) is 31.5 Å². The molecular formula is C16H20N4O2. The van der Waals surface area contributed by atoms with Gasteiger partial charge < -0.3 is 0 Å². The molecule has 6 nitrogen and oxygen atoms in total. The summed E-state index contributed by atoms with van der Waals surface area (Å²) in [5.41, 5.74) is 1.88. The number of aromatic nitrogens is 4. The molecule has 2 aromatic heterocycles. The van der Waals surface area contributed by atoms with E-state index in [0.717, 1.165) is 5.69 Å². The average molecular weight is 300 g/mol. The van der Waals surface area contributed by atoms with Crippen molar-refractivity contribution in [3.8, 4) is 0 Å². The Morgan fingerprint density at radius 2 is 1.50 bits per heavy atom. The first-order valence-corrected chi connectivity index (χ1v) is 7.13. The zero-order chi connectivity index (χ0) is 16.5. The number of nitrogens with zero attached hydrogens (tertiary/aromatic N) is 4. The maximum Gasteiger partial charge on any atom is 0.182 e. The monoisotopic (exact) mass is 300 g/mol. The second-order valence-corrected chi connectivity index (χ2v) is 4.63. The fourth-order valence-electron chi connectivity index (χ4n) is 1.47. The summed E-state index contributed by atoms with van der Waals surface area (Å²) in [5, 5.41) is 7.53. The Bertz CT molecular complexity index is 564. The van der Waals surface area contributed by atoms with Crippen molar-refractivity contribution in [2.45, 2.75) is 40.5 Å². The number of hydrogen-bond donors (Lipinski definition) is 0. The molecule has 116 valence electrons. The van der Waals surface area contributed by atoms with Crippen LogP contribution < -0.4 is 0 Å². The van der Waals surface area contributed by atoms with E-state index in [1.165, 1.54) is 0 Å². The molecule has 2 aromatic rings. The summed E-state index contributed by atoms with van der Waals surface area (Å²) in [6, 6.07) is 3.49. The summed E-state index contributed by atoms with van der Waals surface area (Å²) in [5.74, 6) is 0.820. The highest BCUT2D eigenvalue weighted by Gasteiger charge is 2.03. The molecule has 0 N–H and O–H groups in total. The van der Waals surface area contributed by atoms with E-state index < -0.39 is 0 Å². The van der Waals surface area contributed by atoms with Crippen molar-refractivity contribution in [1.82, 2.24) is 20.2 Å². The van der Waals surface area contributed by atoms with Gasteiger partial charge in [-0.05, 0) is 26.0 Å². The Morgan fingerprint density at radius 3 is 1.95 bits per heavy atom. The standard InChI is InChI=1S/2C8H10N2O/c1-3-8(11)7-4-9-6(2)10-5-7;1-3-8(11)7-5-4-6(2)9-10-7/h2*4-5H,3H2,1-2H3. The molecule has 2 heterocycles. The van der Waals surface area contributed by atoms with Crippen LogP contribution in [0.1, 0.15) is 59.1 Å². The number of carbonyl (C=O) groups excluding carboxylic acids is 2. The van der Waals surface area contributed by atoms with Gasteiger partial charge in [-0.3, -0.25) is 9.59 Å². The van der Waals surface area contributed by atoms with Crippen LogP contribution in [0.5, 0.6) is 0 Å². The van der Waals surface area contributed by atoms with Crippen LogP contribution in [0.25, 0.3) is 0 Å². The zero-order valence-corrected chi connectivity index (χ0v) is 13.3.